The van der Waals surface area contributed by atoms with Crippen molar-refractivity contribution in [3.05, 3.63) is 23.8 Å². The van der Waals surface area contributed by atoms with Crippen molar-refractivity contribution in [3.8, 4) is 0 Å². The first kappa shape index (κ1) is 14.9. The zero-order chi connectivity index (χ0) is 13.4. The van der Waals surface area contributed by atoms with Crippen LogP contribution in [-0.2, 0) is 9.53 Å². The molecule has 1 rings (SSSR count). The van der Waals surface area contributed by atoms with E-state index in [1.165, 1.54) is 11.8 Å². The summed E-state index contributed by atoms with van der Waals surface area (Å²) in [5.41, 5.74) is 7.56. The first-order chi connectivity index (χ1) is 8.63. The molecule has 0 radical (unpaired) electrons. The van der Waals surface area contributed by atoms with Gasteiger partial charge in [-0.3, -0.25) is 4.79 Å². The minimum atomic E-state index is 0.0468. The second-order valence-electron chi connectivity index (χ2n) is 4.00. The number of hydrogen-bond donors (Lipinski definition) is 2. The zero-order valence-corrected chi connectivity index (χ0v) is 11.7. The molecule has 0 aliphatic rings. The molecule has 5 heteroatoms. The maximum absolute atomic E-state index is 11.5. The molecule has 1 aromatic carbocycles. The van der Waals surface area contributed by atoms with Crippen molar-refractivity contribution in [2.24, 2.45) is 0 Å². The van der Waals surface area contributed by atoms with Gasteiger partial charge in [0.2, 0.25) is 5.91 Å². The number of nitrogen functional groups attached to an aromatic ring is 1. The van der Waals surface area contributed by atoms with E-state index in [2.05, 4.69) is 5.32 Å². The van der Waals surface area contributed by atoms with E-state index in [1.54, 1.807) is 7.11 Å². The summed E-state index contributed by atoms with van der Waals surface area (Å²) in [6.45, 7) is 3.29. The molecule has 4 nitrogen and oxygen atoms in total. The molecule has 18 heavy (non-hydrogen) atoms. The predicted octanol–water partition coefficient (Wildman–Crippen LogP) is 1.82. The summed E-state index contributed by atoms with van der Waals surface area (Å²) in [5, 5.41) is 2.85. The van der Waals surface area contributed by atoms with Crippen LogP contribution in [0.5, 0.6) is 0 Å². The van der Waals surface area contributed by atoms with Crippen LogP contribution < -0.4 is 11.1 Å². The number of thioether (sulfide) groups is 1. The second-order valence-corrected chi connectivity index (χ2v) is 5.05. The highest BCUT2D eigenvalue weighted by molar-refractivity contribution is 8.00. The summed E-state index contributed by atoms with van der Waals surface area (Å²) in [7, 11) is 1.65. The Morgan fingerprint density at radius 1 is 1.50 bits per heavy atom. The summed E-state index contributed by atoms with van der Waals surface area (Å²) in [6.07, 6.45) is 0.841. The monoisotopic (exact) mass is 268 g/mol. The van der Waals surface area contributed by atoms with E-state index in [4.69, 9.17) is 10.5 Å². The highest BCUT2D eigenvalue weighted by atomic mass is 32.2. The third-order valence-corrected chi connectivity index (χ3v) is 3.45. The molecule has 0 bridgehead atoms. The van der Waals surface area contributed by atoms with Crippen LogP contribution in [0.3, 0.4) is 0 Å². The van der Waals surface area contributed by atoms with Crippen molar-refractivity contribution in [1.82, 2.24) is 5.32 Å². The molecule has 0 saturated heterocycles. The van der Waals surface area contributed by atoms with Crippen molar-refractivity contribution in [2.75, 3.05) is 31.7 Å². The fourth-order valence-corrected chi connectivity index (χ4v) is 2.21. The standard InChI is InChI=1S/C13H20N2O2S/c1-10-8-11(4-5-12(10)14)18-9-13(16)15-6-3-7-17-2/h4-5,8H,3,6-7,9,14H2,1-2H3,(H,15,16). The van der Waals surface area contributed by atoms with E-state index in [1.807, 2.05) is 25.1 Å². The van der Waals surface area contributed by atoms with Crippen LogP contribution in [0.25, 0.3) is 0 Å². The summed E-state index contributed by atoms with van der Waals surface area (Å²) in [4.78, 5) is 12.6. The van der Waals surface area contributed by atoms with Crippen molar-refractivity contribution >= 4 is 23.4 Å². The molecule has 3 N–H and O–H groups in total. The molecule has 1 aromatic rings. The lowest BCUT2D eigenvalue weighted by Crippen LogP contribution is -2.26. The quantitative estimate of drug-likeness (QED) is 0.450. The van der Waals surface area contributed by atoms with Crippen molar-refractivity contribution in [3.63, 3.8) is 0 Å². The second kappa shape index (κ2) is 8.00. The number of carbonyl (C=O) groups excluding carboxylic acids is 1. The first-order valence-corrected chi connectivity index (χ1v) is 6.86. The molecule has 0 spiro atoms. The lowest BCUT2D eigenvalue weighted by molar-refractivity contribution is -0.118. The molecule has 0 atom stereocenters. The Hall–Kier alpha value is -1.20. The average molecular weight is 268 g/mol. The van der Waals surface area contributed by atoms with Crippen molar-refractivity contribution in [2.45, 2.75) is 18.2 Å². The van der Waals surface area contributed by atoms with Gasteiger partial charge in [-0.2, -0.15) is 0 Å². The molecule has 0 aromatic heterocycles. The van der Waals surface area contributed by atoms with Crippen molar-refractivity contribution < 1.29 is 9.53 Å². The smallest absolute Gasteiger partial charge is 0.230 e. The van der Waals surface area contributed by atoms with Crippen LogP contribution in [-0.4, -0.2) is 31.9 Å². The van der Waals surface area contributed by atoms with Gasteiger partial charge in [0, 0.05) is 30.8 Å². The molecule has 0 heterocycles. The lowest BCUT2D eigenvalue weighted by atomic mass is 10.2. The number of carbonyl (C=O) groups is 1. The molecule has 0 fully saturated rings. The molecular weight excluding hydrogens is 248 g/mol. The van der Waals surface area contributed by atoms with Crippen LogP contribution in [0, 0.1) is 6.92 Å². The Labute approximate surface area is 112 Å². The van der Waals surface area contributed by atoms with Crippen LogP contribution in [0.2, 0.25) is 0 Å². The maximum atomic E-state index is 11.5. The van der Waals surface area contributed by atoms with Gasteiger partial charge in [0.1, 0.15) is 0 Å². The Kier molecular flexibility index (Phi) is 6.60. The van der Waals surface area contributed by atoms with Gasteiger partial charge < -0.3 is 15.8 Å². The molecule has 1 amide bonds. The van der Waals surface area contributed by atoms with E-state index in [9.17, 15) is 4.79 Å². The number of rotatable bonds is 7. The number of methoxy groups -OCH3 is 1. The Bertz CT molecular complexity index is 397. The third kappa shape index (κ3) is 5.42. The number of ether oxygens (including phenoxy) is 1. The van der Waals surface area contributed by atoms with Gasteiger partial charge in [-0.05, 0) is 37.1 Å². The van der Waals surface area contributed by atoms with Crippen LogP contribution in [0.1, 0.15) is 12.0 Å². The van der Waals surface area contributed by atoms with E-state index >= 15 is 0 Å². The minimum Gasteiger partial charge on any atom is -0.399 e. The zero-order valence-electron chi connectivity index (χ0n) is 10.9. The van der Waals surface area contributed by atoms with Gasteiger partial charge in [-0.1, -0.05) is 0 Å². The Morgan fingerprint density at radius 2 is 2.28 bits per heavy atom. The number of amides is 1. The molecular formula is C13H20N2O2S. The number of aryl methyl sites for hydroxylation is 1. The summed E-state index contributed by atoms with van der Waals surface area (Å²) >= 11 is 1.52. The fraction of sp³-hybridized carbons (Fsp3) is 0.462. The van der Waals surface area contributed by atoms with E-state index in [0.717, 1.165) is 22.6 Å². The summed E-state index contributed by atoms with van der Waals surface area (Å²) in [5.74, 6) is 0.474. The van der Waals surface area contributed by atoms with Crippen LogP contribution >= 0.6 is 11.8 Å². The lowest BCUT2D eigenvalue weighted by Gasteiger charge is -2.06. The number of hydrogen-bond acceptors (Lipinski definition) is 4. The Morgan fingerprint density at radius 3 is 2.94 bits per heavy atom. The number of anilines is 1. The van der Waals surface area contributed by atoms with Crippen LogP contribution in [0.4, 0.5) is 5.69 Å². The van der Waals surface area contributed by atoms with Gasteiger partial charge in [-0.25, -0.2) is 0 Å². The molecule has 0 aliphatic heterocycles. The summed E-state index contributed by atoms with van der Waals surface area (Å²) < 4.78 is 4.91. The molecule has 100 valence electrons. The average Bonchev–Trinajstić information content (AvgIpc) is 2.36. The maximum Gasteiger partial charge on any atom is 0.230 e. The highest BCUT2D eigenvalue weighted by Crippen LogP contribution is 2.22. The van der Waals surface area contributed by atoms with Gasteiger partial charge in [0.05, 0.1) is 5.75 Å². The van der Waals surface area contributed by atoms with Gasteiger partial charge in [-0.15, -0.1) is 11.8 Å². The van der Waals surface area contributed by atoms with Gasteiger partial charge in [0.25, 0.3) is 0 Å². The molecule has 0 aliphatic carbocycles. The van der Waals surface area contributed by atoms with Gasteiger partial charge in [0.15, 0.2) is 0 Å². The SMILES string of the molecule is COCCCNC(=O)CSc1ccc(N)c(C)c1. The van der Waals surface area contributed by atoms with E-state index in [0.29, 0.717) is 18.9 Å². The molecule has 0 saturated carbocycles. The van der Waals surface area contributed by atoms with Crippen molar-refractivity contribution in [1.29, 1.82) is 0 Å². The minimum absolute atomic E-state index is 0.0468. The normalized spacial score (nSPS) is 10.3. The largest absolute Gasteiger partial charge is 0.399 e. The fourth-order valence-electron chi connectivity index (χ4n) is 1.38. The number of nitrogens with one attached hydrogen (secondary N) is 1. The number of nitrogens with two attached hydrogens (primary N) is 1. The predicted molar refractivity (Wildman–Crippen MR) is 75.8 cm³/mol. The number of benzene rings is 1. The highest BCUT2D eigenvalue weighted by Gasteiger charge is 2.03. The van der Waals surface area contributed by atoms with Gasteiger partial charge >= 0.3 is 0 Å². The van der Waals surface area contributed by atoms with Crippen LogP contribution in [0.15, 0.2) is 23.1 Å². The third-order valence-electron chi connectivity index (χ3n) is 2.46. The molecule has 0 unspecified atom stereocenters. The first-order valence-electron chi connectivity index (χ1n) is 5.88. The summed E-state index contributed by atoms with van der Waals surface area (Å²) in [6, 6.07) is 5.80. The Balaban J connectivity index is 2.27. The topological polar surface area (TPSA) is 64.3 Å². The van der Waals surface area contributed by atoms with E-state index in [-0.39, 0.29) is 5.91 Å². The van der Waals surface area contributed by atoms with E-state index < -0.39 is 0 Å².